The fourth-order valence-corrected chi connectivity index (χ4v) is 2.82. The molecular weight excluding hydrogens is 423 g/mol. The highest BCUT2D eigenvalue weighted by Crippen LogP contribution is 2.23. The van der Waals surface area contributed by atoms with Gasteiger partial charge in [0.15, 0.2) is 5.96 Å². The third-order valence-corrected chi connectivity index (χ3v) is 3.98. The number of halogens is 1. The summed E-state index contributed by atoms with van der Waals surface area (Å²) in [6.45, 7) is 11.9. The van der Waals surface area contributed by atoms with E-state index in [1.807, 2.05) is 0 Å². The van der Waals surface area contributed by atoms with Crippen LogP contribution in [0, 0.1) is 0 Å². The molecule has 7 heteroatoms. The van der Waals surface area contributed by atoms with Crippen molar-refractivity contribution >= 4 is 41.3 Å². The second-order valence-corrected chi connectivity index (χ2v) is 7.10. The lowest BCUT2D eigenvalue weighted by Gasteiger charge is -2.14. The first-order valence-electron chi connectivity index (χ1n) is 7.93. The van der Waals surface area contributed by atoms with Crippen molar-refractivity contribution < 1.29 is 4.74 Å². The molecule has 1 rings (SSSR count). The van der Waals surface area contributed by atoms with Crippen LogP contribution in [0.2, 0.25) is 0 Å². The highest BCUT2D eigenvalue weighted by Gasteiger charge is 2.17. The number of aromatic nitrogens is 1. The summed E-state index contributed by atoms with van der Waals surface area (Å²) in [4.78, 5) is 9.24. The Kier molecular flexibility index (Phi) is 11.8. The van der Waals surface area contributed by atoms with Crippen LogP contribution in [-0.2, 0) is 16.6 Å². The average Bonchev–Trinajstić information content (AvgIpc) is 2.92. The molecule has 1 heterocycles. The maximum absolute atomic E-state index is 5.04. The van der Waals surface area contributed by atoms with Gasteiger partial charge in [-0.15, -0.1) is 35.3 Å². The van der Waals surface area contributed by atoms with E-state index >= 15 is 0 Å². The lowest BCUT2D eigenvalue weighted by Crippen LogP contribution is -2.38. The zero-order valence-electron chi connectivity index (χ0n) is 14.9. The van der Waals surface area contributed by atoms with Gasteiger partial charge in [0, 0.05) is 50.6 Å². The van der Waals surface area contributed by atoms with Crippen LogP contribution in [0.15, 0.2) is 10.4 Å². The average molecular weight is 454 g/mol. The minimum atomic E-state index is 0. The Morgan fingerprint density at radius 2 is 2.09 bits per heavy atom. The molecule has 0 saturated carbocycles. The number of nitrogens with zero attached hydrogens (tertiary/aromatic N) is 2. The second kappa shape index (κ2) is 12.0. The Morgan fingerprint density at radius 3 is 2.65 bits per heavy atom. The summed E-state index contributed by atoms with van der Waals surface area (Å²) >= 11 is 1.74. The van der Waals surface area contributed by atoms with E-state index in [0.29, 0.717) is 0 Å². The van der Waals surface area contributed by atoms with Gasteiger partial charge in [-0.05, 0) is 13.3 Å². The molecule has 0 spiro atoms. The van der Waals surface area contributed by atoms with E-state index in [-0.39, 0.29) is 29.4 Å². The molecule has 23 heavy (non-hydrogen) atoms. The summed E-state index contributed by atoms with van der Waals surface area (Å²) in [5.41, 5.74) is 1.30. The molecule has 0 aromatic carbocycles. The highest BCUT2D eigenvalue weighted by molar-refractivity contribution is 14.0. The number of methoxy groups -OCH3 is 1. The van der Waals surface area contributed by atoms with Crippen molar-refractivity contribution in [1.29, 1.82) is 0 Å². The van der Waals surface area contributed by atoms with E-state index in [0.717, 1.165) is 45.0 Å². The van der Waals surface area contributed by atoms with E-state index < -0.39 is 0 Å². The molecule has 0 saturated heterocycles. The zero-order chi connectivity index (χ0) is 16.4. The number of rotatable bonds is 8. The molecule has 0 radical (unpaired) electrons. The number of aliphatic imine (C=N–C) groups is 1. The molecule has 0 aliphatic carbocycles. The molecule has 0 aliphatic rings. The van der Waals surface area contributed by atoms with Gasteiger partial charge in [0.1, 0.15) is 0 Å². The number of thiazole rings is 1. The van der Waals surface area contributed by atoms with Gasteiger partial charge < -0.3 is 15.4 Å². The Balaban J connectivity index is 0.00000484. The van der Waals surface area contributed by atoms with Crippen LogP contribution in [0.5, 0.6) is 0 Å². The molecule has 1 aromatic rings. The Hall–Kier alpha value is -0.410. The normalized spacial score (nSPS) is 12.0. The van der Waals surface area contributed by atoms with Crippen molar-refractivity contribution in [3.63, 3.8) is 0 Å². The van der Waals surface area contributed by atoms with Crippen LogP contribution in [0.4, 0.5) is 0 Å². The highest BCUT2D eigenvalue weighted by atomic mass is 127. The second-order valence-electron chi connectivity index (χ2n) is 6.16. The summed E-state index contributed by atoms with van der Waals surface area (Å²) in [5, 5.41) is 9.95. The first-order valence-corrected chi connectivity index (χ1v) is 8.81. The van der Waals surface area contributed by atoms with Crippen molar-refractivity contribution in [1.82, 2.24) is 15.6 Å². The van der Waals surface area contributed by atoms with E-state index in [2.05, 4.69) is 48.7 Å². The molecule has 0 atom stereocenters. The fraction of sp³-hybridized carbons (Fsp3) is 0.750. The number of guanidine groups is 1. The van der Waals surface area contributed by atoms with Crippen molar-refractivity contribution in [2.45, 2.75) is 46.0 Å². The largest absolute Gasteiger partial charge is 0.385 e. The predicted octanol–water partition coefficient (Wildman–Crippen LogP) is 3.19. The van der Waals surface area contributed by atoms with Crippen molar-refractivity contribution in [2.24, 2.45) is 4.99 Å². The number of ether oxygens (including phenoxy) is 1. The summed E-state index contributed by atoms with van der Waals surface area (Å²) in [5.74, 6) is 0.867. The smallest absolute Gasteiger partial charge is 0.191 e. The van der Waals surface area contributed by atoms with Crippen molar-refractivity contribution in [2.75, 3.05) is 33.4 Å². The summed E-state index contributed by atoms with van der Waals surface area (Å²) in [7, 11) is 1.72. The molecule has 0 fully saturated rings. The van der Waals surface area contributed by atoms with Crippen LogP contribution in [0.3, 0.4) is 0 Å². The van der Waals surface area contributed by atoms with Gasteiger partial charge in [-0.1, -0.05) is 20.8 Å². The summed E-state index contributed by atoms with van der Waals surface area (Å²) in [6, 6.07) is 0. The lowest BCUT2D eigenvalue weighted by atomic mass is 9.93. The third-order valence-electron chi connectivity index (χ3n) is 3.07. The van der Waals surface area contributed by atoms with Crippen LogP contribution in [0.1, 0.15) is 44.8 Å². The maximum atomic E-state index is 5.04. The number of hydrogen-bond acceptors (Lipinski definition) is 4. The molecule has 0 unspecified atom stereocenters. The summed E-state index contributed by atoms with van der Waals surface area (Å²) in [6.07, 6.45) is 1.86. The van der Waals surface area contributed by atoms with Gasteiger partial charge in [0.05, 0.1) is 10.7 Å². The minimum Gasteiger partial charge on any atom is -0.385 e. The van der Waals surface area contributed by atoms with Gasteiger partial charge in [-0.25, -0.2) is 4.98 Å². The standard InChI is InChI=1S/C16H30N4OS.HI/c1-6-17-15(18-9-7-11-21-5)19-10-8-14-20-13(12-22-14)16(2,3)4;/h12H,6-11H2,1-5H3,(H2,17,18,19);1H. The molecule has 0 amide bonds. The number of hydrogen-bond donors (Lipinski definition) is 2. The number of nitrogens with one attached hydrogen (secondary N) is 2. The SMILES string of the molecule is CCNC(=NCCCOC)NCCc1nc(C(C)(C)C)cs1.I. The minimum absolute atomic E-state index is 0. The zero-order valence-corrected chi connectivity index (χ0v) is 18.1. The predicted molar refractivity (Wildman–Crippen MR) is 110 cm³/mol. The Bertz CT molecular complexity index is 457. The van der Waals surface area contributed by atoms with Crippen LogP contribution in [0.25, 0.3) is 0 Å². The van der Waals surface area contributed by atoms with Crippen molar-refractivity contribution in [3.8, 4) is 0 Å². The van der Waals surface area contributed by atoms with Gasteiger partial charge in [-0.2, -0.15) is 0 Å². The molecule has 0 bridgehead atoms. The first-order chi connectivity index (χ1) is 10.5. The monoisotopic (exact) mass is 454 g/mol. The van der Waals surface area contributed by atoms with Gasteiger partial charge >= 0.3 is 0 Å². The Labute approximate surface area is 161 Å². The van der Waals surface area contributed by atoms with E-state index in [9.17, 15) is 0 Å². The molecule has 5 nitrogen and oxygen atoms in total. The van der Waals surface area contributed by atoms with Crippen LogP contribution < -0.4 is 10.6 Å². The molecule has 134 valence electrons. The van der Waals surface area contributed by atoms with Gasteiger partial charge in [0.2, 0.25) is 0 Å². The Morgan fingerprint density at radius 1 is 1.35 bits per heavy atom. The maximum Gasteiger partial charge on any atom is 0.191 e. The van der Waals surface area contributed by atoms with Crippen molar-refractivity contribution in [3.05, 3.63) is 16.1 Å². The third kappa shape index (κ3) is 9.46. The van der Waals surface area contributed by atoms with Crippen LogP contribution >= 0.6 is 35.3 Å². The molecular formula is C16H31IN4OS. The quantitative estimate of drug-likeness (QED) is 0.274. The lowest BCUT2D eigenvalue weighted by molar-refractivity contribution is 0.197. The fourth-order valence-electron chi connectivity index (χ4n) is 1.80. The van der Waals surface area contributed by atoms with Crippen LogP contribution in [-0.4, -0.2) is 44.3 Å². The first kappa shape index (κ1) is 22.6. The van der Waals surface area contributed by atoms with Gasteiger partial charge in [0.25, 0.3) is 0 Å². The van der Waals surface area contributed by atoms with Gasteiger partial charge in [-0.3, -0.25) is 4.99 Å². The van der Waals surface area contributed by atoms with E-state index in [4.69, 9.17) is 9.72 Å². The molecule has 1 aromatic heterocycles. The summed E-state index contributed by atoms with van der Waals surface area (Å²) < 4.78 is 5.04. The molecule has 2 N–H and O–H groups in total. The van der Waals surface area contributed by atoms with E-state index in [1.54, 1.807) is 18.4 Å². The molecule has 0 aliphatic heterocycles. The topological polar surface area (TPSA) is 58.5 Å². The van der Waals surface area contributed by atoms with E-state index in [1.165, 1.54) is 10.7 Å².